The number of carbonyl (C=O) groups is 2. The third kappa shape index (κ3) is 1.54. The maximum absolute atomic E-state index is 12.1. The van der Waals surface area contributed by atoms with E-state index in [1.54, 1.807) is 0 Å². The Labute approximate surface area is 102 Å². The van der Waals surface area contributed by atoms with Gasteiger partial charge in [0.2, 0.25) is 0 Å². The van der Waals surface area contributed by atoms with Crippen LogP contribution in [0.4, 0.5) is 0 Å². The van der Waals surface area contributed by atoms with Crippen molar-refractivity contribution in [2.75, 3.05) is 6.61 Å². The highest BCUT2D eigenvalue weighted by molar-refractivity contribution is 5.83. The van der Waals surface area contributed by atoms with Crippen LogP contribution in [0.15, 0.2) is 0 Å². The Morgan fingerprint density at radius 1 is 1.18 bits per heavy atom. The van der Waals surface area contributed by atoms with E-state index >= 15 is 0 Å². The van der Waals surface area contributed by atoms with Gasteiger partial charge in [0.15, 0.2) is 0 Å². The number of hydrogen-bond acceptors (Lipinski definition) is 3. The maximum atomic E-state index is 12.1. The van der Waals surface area contributed by atoms with Gasteiger partial charge in [-0.2, -0.15) is 0 Å². The molecule has 1 heterocycles. The van der Waals surface area contributed by atoms with Gasteiger partial charge in [-0.25, -0.2) is 0 Å². The standard InChI is InChI=1S/C14H20O3/c1-7-3-4-11(15)9-5-8(2)13-10(12(7)9)6-17-14(13)16/h7-10,12-13H,3-6H2,1-2H3/t7-,8+,9-,10-,12+,13-/m0/s1. The molecule has 0 unspecified atom stereocenters. The number of ketones is 1. The fraction of sp³-hybridized carbons (Fsp3) is 0.857. The van der Waals surface area contributed by atoms with Crippen LogP contribution in [0.1, 0.15) is 33.1 Å². The molecule has 3 aliphatic rings. The monoisotopic (exact) mass is 236 g/mol. The SMILES string of the molecule is C[C@@H]1C[C@H]2C(=O)CC[C@H](C)[C@H]2[C@@H]2COC(=O)[C@H]21. The fourth-order valence-electron chi connectivity index (χ4n) is 4.47. The Kier molecular flexibility index (Phi) is 2.53. The third-order valence-corrected chi connectivity index (χ3v) is 5.27. The van der Waals surface area contributed by atoms with Crippen LogP contribution in [0.25, 0.3) is 0 Å². The first-order valence-electron chi connectivity index (χ1n) is 6.79. The number of rotatable bonds is 0. The molecule has 0 amide bonds. The van der Waals surface area contributed by atoms with Gasteiger partial charge in [-0.05, 0) is 30.6 Å². The molecule has 2 aliphatic carbocycles. The van der Waals surface area contributed by atoms with E-state index in [9.17, 15) is 9.59 Å². The molecule has 3 fully saturated rings. The molecule has 0 aromatic heterocycles. The highest BCUT2D eigenvalue weighted by atomic mass is 16.5. The molecule has 0 N–H and O–H groups in total. The minimum absolute atomic E-state index is 0.0221. The number of carbonyl (C=O) groups excluding carboxylic acids is 2. The first kappa shape index (κ1) is 11.2. The zero-order valence-corrected chi connectivity index (χ0v) is 10.5. The van der Waals surface area contributed by atoms with Crippen LogP contribution in [0, 0.1) is 35.5 Å². The van der Waals surface area contributed by atoms with Gasteiger partial charge in [0.25, 0.3) is 0 Å². The lowest BCUT2D eigenvalue weighted by atomic mass is 9.56. The summed E-state index contributed by atoms with van der Waals surface area (Å²) in [6.07, 6.45) is 2.62. The first-order valence-corrected chi connectivity index (χ1v) is 6.79. The van der Waals surface area contributed by atoms with Crippen LogP contribution in [-0.2, 0) is 14.3 Å². The summed E-state index contributed by atoms with van der Waals surface area (Å²) >= 11 is 0. The van der Waals surface area contributed by atoms with Crippen molar-refractivity contribution in [2.45, 2.75) is 33.1 Å². The summed E-state index contributed by atoms with van der Waals surface area (Å²) in [4.78, 5) is 23.8. The van der Waals surface area contributed by atoms with E-state index in [4.69, 9.17) is 4.74 Å². The highest BCUT2D eigenvalue weighted by Crippen LogP contribution is 2.52. The van der Waals surface area contributed by atoms with Gasteiger partial charge in [-0.1, -0.05) is 13.8 Å². The number of ether oxygens (including phenoxy) is 1. The van der Waals surface area contributed by atoms with E-state index in [0.717, 1.165) is 19.3 Å². The molecule has 0 spiro atoms. The summed E-state index contributed by atoms with van der Waals surface area (Å²) in [6, 6.07) is 0. The van der Waals surface area contributed by atoms with Gasteiger partial charge in [0.05, 0.1) is 12.5 Å². The number of hydrogen-bond donors (Lipinski definition) is 0. The summed E-state index contributed by atoms with van der Waals surface area (Å²) in [5.74, 6) is 2.23. The molecule has 17 heavy (non-hydrogen) atoms. The zero-order chi connectivity index (χ0) is 12.2. The van der Waals surface area contributed by atoms with Gasteiger partial charge in [-0.15, -0.1) is 0 Å². The van der Waals surface area contributed by atoms with E-state index in [-0.39, 0.29) is 17.8 Å². The lowest BCUT2D eigenvalue weighted by Crippen LogP contribution is -2.47. The number of esters is 1. The van der Waals surface area contributed by atoms with Crippen molar-refractivity contribution in [3.63, 3.8) is 0 Å². The topological polar surface area (TPSA) is 43.4 Å². The van der Waals surface area contributed by atoms with Gasteiger partial charge < -0.3 is 4.74 Å². The highest BCUT2D eigenvalue weighted by Gasteiger charge is 2.54. The van der Waals surface area contributed by atoms with Crippen molar-refractivity contribution in [1.82, 2.24) is 0 Å². The molecule has 0 aromatic rings. The molecule has 3 rings (SSSR count). The normalized spacial score (nSPS) is 49.5. The molecular formula is C14H20O3. The molecule has 0 bridgehead atoms. The van der Waals surface area contributed by atoms with Crippen LogP contribution in [-0.4, -0.2) is 18.4 Å². The zero-order valence-electron chi connectivity index (χ0n) is 10.5. The quantitative estimate of drug-likeness (QED) is 0.604. The fourth-order valence-corrected chi connectivity index (χ4v) is 4.47. The number of cyclic esters (lactones) is 1. The molecule has 0 aromatic carbocycles. The molecule has 1 aliphatic heterocycles. The van der Waals surface area contributed by atoms with Gasteiger partial charge >= 0.3 is 5.97 Å². The number of fused-ring (bicyclic) bond motifs is 3. The van der Waals surface area contributed by atoms with Crippen LogP contribution >= 0.6 is 0 Å². The van der Waals surface area contributed by atoms with Crippen LogP contribution in [0.3, 0.4) is 0 Å². The summed E-state index contributed by atoms with van der Waals surface area (Å²) in [5, 5.41) is 0. The summed E-state index contributed by atoms with van der Waals surface area (Å²) in [7, 11) is 0. The summed E-state index contributed by atoms with van der Waals surface area (Å²) < 4.78 is 5.25. The Morgan fingerprint density at radius 2 is 1.94 bits per heavy atom. The molecular weight excluding hydrogens is 216 g/mol. The third-order valence-electron chi connectivity index (χ3n) is 5.27. The first-order chi connectivity index (χ1) is 8.09. The van der Waals surface area contributed by atoms with Crippen LogP contribution < -0.4 is 0 Å². The minimum Gasteiger partial charge on any atom is -0.465 e. The Bertz CT molecular complexity index is 362. The molecule has 2 saturated carbocycles. The largest absolute Gasteiger partial charge is 0.465 e. The van der Waals surface area contributed by atoms with E-state index in [0.29, 0.717) is 36.1 Å². The summed E-state index contributed by atoms with van der Waals surface area (Å²) in [5.41, 5.74) is 0. The lowest BCUT2D eigenvalue weighted by Gasteiger charge is -2.46. The Hall–Kier alpha value is -0.860. The molecule has 1 saturated heterocycles. The van der Waals surface area contributed by atoms with Crippen molar-refractivity contribution in [3.05, 3.63) is 0 Å². The molecule has 94 valence electrons. The second kappa shape index (κ2) is 3.82. The van der Waals surface area contributed by atoms with E-state index in [1.165, 1.54) is 0 Å². The van der Waals surface area contributed by atoms with Gasteiger partial charge in [0.1, 0.15) is 5.78 Å². The van der Waals surface area contributed by atoms with Crippen molar-refractivity contribution in [2.24, 2.45) is 35.5 Å². The smallest absolute Gasteiger partial charge is 0.309 e. The average molecular weight is 236 g/mol. The van der Waals surface area contributed by atoms with Crippen LogP contribution in [0.2, 0.25) is 0 Å². The van der Waals surface area contributed by atoms with Crippen molar-refractivity contribution < 1.29 is 14.3 Å². The molecule has 0 radical (unpaired) electrons. The van der Waals surface area contributed by atoms with Crippen LogP contribution in [0.5, 0.6) is 0 Å². The molecule has 3 nitrogen and oxygen atoms in total. The van der Waals surface area contributed by atoms with Crippen molar-refractivity contribution in [1.29, 1.82) is 0 Å². The molecule has 3 heteroatoms. The predicted octanol–water partition coefficient (Wildman–Crippen LogP) is 2.05. The molecule has 6 atom stereocenters. The minimum atomic E-state index is -0.0221. The maximum Gasteiger partial charge on any atom is 0.309 e. The van der Waals surface area contributed by atoms with Gasteiger partial charge in [-0.3, -0.25) is 9.59 Å². The Balaban J connectivity index is 1.94. The summed E-state index contributed by atoms with van der Waals surface area (Å²) in [6.45, 7) is 4.89. The lowest BCUT2D eigenvalue weighted by molar-refractivity contribution is -0.145. The Morgan fingerprint density at radius 3 is 2.71 bits per heavy atom. The second-order valence-corrected chi connectivity index (χ2v) is 6.20. The van der Waals surface area contributed by atoms with Crippen molar-refractivity contribution in [3.8, 4) is 0 Å². The predicted molar refractivity (Wildman–Crippen MR) is 62.1 cm³/mol. The number of Topliss-reactive ketones (excluding diaryl/α,β-unsaturated/α-hetero) is 1. The van der Waals surface area contributed by atoms with E-state index < -0.39 is 0 Å². The van der Waals surface area contributed by atoms with E-state index in [1.807, 2.05) is 0 Å². The average Bonchev–Trinajstić information content (AvgIpc) is 2.67. The second-order valence-electron chi connectivity index (χ2n) is 6.20. The van der Waals surface area contributed by atoms with Gasteiger partial charge in [0, 0.05) is 18.3 Å². The van der Waals surface area contributed by atoms with E-state index in [2.05, 4.69) is 13.8 Å². The van der Waals surface area contributed by atoms with Crippen molar-refractivity contribution >= 4 is 11.8 Å².